The summed E-state index contributed by atoms with van der Waals surface area (Å²) >= 11 is 8.08. The average Bonchev–Trinajstić information content (AvgIpc) is 3.38. The van der Waals surface area contributed by atoms with Crippen LogP contribution in [0.25, 0.3) is 20.2 Å². The van der Waals surface area contributed by atoms with Crippen molar-refractivity contribution in [2.24, 2.45) is 10.7 Å². The van der Waals surface area contributed by atoms with E-state index in [1.807, 2.05) is 13.0 Å². The van der Waals surface area contributed by atoms with Crippen LogP contribution in [0.3, 0.4) is 0 Å². The topological polar surface area (TPSA) is 55.5 Å². The van der Waals surface area contributed by atoms with Gasteiger partial charge in [0.15, 0.2) is 0 Å². The third-order valence-corrected chi connectivity index (χ3v) is 8.99. The Balaban J connectivity index is 1.65. The molecule has 0 radical (unpaired) electrons. The van der Waals surface area contributed by atoms with Gasteiger partial charge in [-0.3, -0.25) is 9.20 Å². The first-order chi connectivity index (χ1) is 13.0. The van der Waals surface area contributed by atoms with Crippen LogP contribution in [0.15, 0.2) is 35.3 Å². The lowest BCUT2D eigenvalue weighted by molar-refractivity contribution is 0.664. The second-order valence-electron chi connectivity index (χ2n) is 7.10. The number of amidine groups is 1. The Morgan fingerprint density at radius 2 is 2.04 bits per heavy atom. The molecule has 0 saturated heterocycles. The third kappa shape index (κ3) is 2.62. The van der Waals surface area contributed by atoms with Crippen molar-refractivity contribution < 1.29 is 4.21 Å². The summed E-state index contributed by atoms with van der Waals surface area (Å²) in [5.41, 5.74) is 8.08. The first-order valence-corrected chi connectivity index (χ1v) is 11.3. The van der Waals surface area contributed by atoms with Crippen molar-refractivity contribution in [3.05, 3.63) is 46.5 Å². The summed E-state index contributed by atoms with van der Waals surface area (Å²) in [5.74, 6) is 7.11. The largest absolute Gasteiger partial charge is 0.386 e. The zero-order valence-corrected chi connectivity index (χ0v) is 17.1. The number of nitrogens with two attached hydrogens (primary N) is 1. The van der Waals surface area contributed by atoms with Gasteiger partial charge < -0.3 is 5.73 Å². The van der Waals surface area contributed by atoms with Gasteiger partial charge in [0.25, 0.3) is 0 Å². The summed E-state index contributed by atoms with van der Waals surface area (Å²) in [6.07, 6.45) is 1.80. The van der Waals surface area contributed by atoms with E-state index in [1.54, 1.807) is 11.3 Å². The fourth-order valence-corrected chi connectivity index (χ4v) is 6.86. The van der Waals surface area contributed by atoms with E-state index in [4.69, 9.17) is 22.3 Å². The van der Waals surface area contributed by atoms with E-state index in [2.05, 4.69) is 36.1 Å². The number of fused-ring (bicyclic) bond motifs is 3. The standard InChI is InChI=1S/C21H17ClN2OS2/c1-2-3-12-8-15-14-9-13(4-5-18(14)26-19(15)10-16(12)22)17-11-27(25)21(6-7-21)20(23)24-17/h4-5,8-10,17H,6-7,11H2,1H3,(H2,23,24). The molecule has 1 saturated carbocycles. The molecule has 3 aromatic rings. The molecule has 1 aliphatic heterocycles. The highest BCUT2D eigenvalue weighted by Gasteiger charge is 2.54. The van der Waals surface area contributed by atoms with Crippen LogP contribution in [-0.2, 0) is 10.8 Å². The van der Waals surface area contributed by atoms with E-state index in [0.29, 0.717) is 16.6 Å². The van der Waals surface area contributed by atoms with Crippen LogP contribution in [0.5, 0.6) is 0 Å². The summed E-state index contributed by atoms with van der Waals surface area (Å²) in [6.45, 7) is 1.81. The summed E-state index contributed by atoms with van der Waals surface area (Å²) in [5, 5.41) is 2.99. The van der Waals surface area contributed by atoms with Crippen LogP contribution in [0, 0.1) is 11.8 Å². The normalized spacial score (nSPS) is 23.3. The van der Waals surface area contributed by atoms with Crippen molar-refractivity contribution in [1.29, 1.82) is 0 Å². The number of nitrogens with zero attached hydrogens (tertiary/aromatic N) is 1. The Labute approximate surface area is 169 Å². The number of hydrogen-bond acceptors (Lipinski definition) is 4. The molecule has 1 fully saturated rings. The number of aliphatic imine (C=N–C) groups is 1. The number of hydrogen-bond donors (Lipinski definition) is 1. The average molecular weight is 413 g/mol. The van der Waals surface area contributed by atoms with Crippen molar-refractivity contribution in [3.63, 3.8) is 0 Å². The van der Waals surface area contributed by atoms with E-state index in [0.717, 1.165) is 39.4 Å². The molecule has 136 valence electrons. The minimum atomic E-state index is -0.950. The molecule has 5 rings (SSSR count). The zero-order valence-electron chi connectivity index (χ0n) is 14.7. The molecule has 0 amide bonds. The number of rotatable bonds is 1. The van der Waals surface area contributed by atoms with Gasteiger partial charge in [0, 0.05) is 36.5 Å². The lowest BCUT2D eigenvalue weighted by atomic mass is 10.0. The number of benzene rings is 2. The van der Waals surface area contributed by atoms with Gasteiger partial charge in [-0.15, -0.1) is 17.3 Å². The van der Waals surface area contributed by atoms with Crippen LogP contribution < -0.4 is 5.73 Å². The van der Waals surface area contributed by atoms with Gasteiger partial charge in [-0.05, 0) is 49.6 Å². The van der Waals surface area contributed by atoms with Crippen LogP contribution >= 0.6 is 22.9 Å². The lowest BCUT2D eigenvalue weighted by Gasteiger charge is -2.25. The molecule has 2 aliphatic rings. The fraction of sp³-hybridized carbons (Fsp3) is 0.286. The number of halogens is 1. The molecule has 2 atom stereocenters. The molecule has 27 heavy (non-hydrogen) atoms. The molecular formula is C21H17ClN2OS2. The van der Waals surface area contributed by atoms with Gasteiger partial charge >= 0.3 is 0 Å². The highest BCUT2D eigenvalue weighted by atomic mass is 35.5. The minimum absolute atomic E-state index is 0.140. The maximum absolute atomic E-state index is 12.7. The smallest absolute Gasteiger partial charge is 0.113 e. The second-order valence-corrected chi connectivity index (χ2v) is 10.4. The summed E-state index contributed by atoms with van der Waals surface area (Å²) in [7, 11) is -0.950. The Morgan fingerprint density at radius 1 is 1.26 bits per heavy atom. The predicted octanol–water partition coefficient (Wildman–Crippen LogP) is 4.77. The fourth-order valence-electron chi connectivity index (χ4n) is 3.76. The molecule has 1 aromatic heterocycles. The highest BCUT2D eigenvalue weighted by Crippen LogP contribution is 2.47. The van der Waals surface area contributed by atoms with E-state index in [1.165, 1.54) is 4.70 Å². The second kappa shape index (κ2) is 6.07. The molecule has 2 heterocycles. The molecule has 6 heteroatoms. The first-order valence-electron chi connectivity index (χ1n) is 8.82. The molecular weight excluding hydrogens is 396 g/mol. The van der Waals surface area contributed by atoms with Gasteiger partial charge in [0.1, 0.15) is 10.6 Å². The van der Waals surface area contributed by atoms with Crippen LogP contribution in [0.4, 0.5) is 0 Å². The molecule has 3 nitrogen and oxygen atoms in total. The molecule has 2 unspecified atom stereocenters. The summed E-state index contributed by atoms with van der Waals surface area (Å²) < 4.78 is 14.7. The van der Waals surface area contributed by atoms with E-state index in [-0.39, 0.29) is 10.8 Å². The number of thiophene rings is 1. The van der Waals surface area contributed by atoms with Gasteiger partial charge in [-0.25, -0.2) is 0 Å². The monoisotopic (exact) mass is 412 g/mol. The highest BCUT2D eigenvalue weighted by molar-refractivity contribution is 7.87. The summed E-state index contributed by atoms with van der Waals surface area (Å²) in [4.78, 5) is 4.71. The molecule has 1 spiro atoms. The minimum Gasteiger partial charge on any atom is -0.386 e. The van der Waals surface area contributed by atoms with Gasteiger partial charge in [-0.2, -0.15) is 0 Å². The Kier molecular flexibility index (Phi) is 3.87. The van der Waals surface area contributed by atoms with Crippen molar-refractivity contribution >= 4 is 59.7 Å². The quantitative estimate of drug-likeness (QED) is 0.585. The van der Waals surface area contributed by atoms with Crippen molar-refractivity contribution in [1.82, 2.24) is 0 Å². The van der Waals surface area contributed by atoms with E-state index in [9.17, 15) is 4.21 Å². The summed E-state index contributed by atoms with van der Waals surface area (Å²) in [6, 6.07) is 10.3. The van der Waals surface area contributed by atoms with Gasteiger partial charge in [0.05, 0.1) is 16.8 Å². The van der Waals surface area contributed by atoms with E-state index >= 15 is 0 Å². The van der Waals surface area contributed by atoms with Gasteiger partial charge in [0.2, 0.25) is 0 Å². The Bertz CT molecular complexity index is 1230. The third-order valence-electron chi connectivity index (χ3n) is 5.44. The molecule has 2 N–H and O–H groups in total. The van der Waals surface area contributed by atoms with Gasteiger partial charge in [-0.1, -0.05) is 23.6 Å². The SMILES string of the molecule is CC#Cc1cc2c(cc1Cl)sc1ccc(C3CS(=O)C4(CC4)C(N)=N3)cc12. The van der Waals surface area contributed by atoms with Crippen LogP contribution in [0.1, 0.15) is 36.9 Å². The first kappa shape index (κ1) is 17.2. The maximum atomic E-state index is 12.7. The van der Waals surface area contributed by atoms with Crippen molar-refractivity contribution in [2.45, 2.75) is 30.6 Å². The predicted molar refractivity (Wildman–Crippen MR) is 116 cm³/mol. The Hall–Kier alpha value is -1.87. The van der Waals surface area contributed by atoms with Crippen LogP contribution in [0.2, 0.25) is 5.02 Å². The van der Waals surface area contributed by atoms with Crippen molar-refractivity contribution in [2.75, 3.05) is 5.75 Å². The van der Waals surface area contributed by atoms with Crippen molar-refractivity contribution in [3.8, 4) is 11.8 Å². The zero-order chi connectivity index (χ0) is 18.8. The molecule has 1 aliphatic carbocycles. The lowest BCUT2D eigenvalue weighted by Crippen LogP contribution is -2.41. The van der Waals surface area contributed by atoms with E-state index < -0.39 is 10.8 Å². The van der Waals surface area contributed by atoms with Crippen LogP contribution in [-0.4, -0.2) is 20.5 Å². The maximum Gasteiger partial charge on any atom is 0.113 e. The molecule has 2 aromatic carbocycles. The molecule has 0 bridgehead atoms. The Morgan fingerprint density at radius 3 is 2.74 bits per heavy atom.